The summed E-state index contributed by atoms with van der Waals surface area (Å²) < 4.78 is 10.5. The number of allylic oxidation sites excluding steroid dienone is 1. The average Bonchev–Trinajstić information content (AvgIpc) is 2.72. The Balaban J connectivity index is 3.29. The fourth-order valence-corrected chi connectivity index (χ4v) is 3.19. The Bertz CT molecular complexity index is 387. The molecule has 0 spiro atoms. The standard InChI is InChI=1S/C25H46O3/c1-4-7-8-9-10-11-12-13-14-15-16-17-18-19-20-21-22-27-24(5-2)23-28-25(26)6-3/h5,23H,2,4,6-22H2,1,3H3/b24-23-. The molecule has 3 heteroatoms. The number of esters is 1. The Morgan fingerprint density at radius 3 is 1.54 bits per heavy atom. The molecule has 0 amide bonds. The second kappa shape index (κ2) is 22.0. The van der Waals surface area contributed by atoms with Gasteiger partial charge in [0.15, 0.2) is 5.76 Å². The van der Waals surface area contributed by atoms with Crippen LogP contribution >= 0.6 is 0 Å². The van der Waals surface area contributed by atoms with Gasteiger partial charge in [0.25, 0.3) is 0 Å². The van der Waals surface area contributed by atoms with Crippen molar-refractivity contribution >= 4 is 5.97 Å². The van der Waals surface area contributed by atoms with Gasteiger partial charge in [-0.3, -0.25) is 4.79 Å². The lowest BCUT2D eigenvalue weighted by molar-refractivity contribution is -0.137. The Morgan fingerprint density at radius 2 is 1.14 bits per heavy atom. The van der Waals surface area contributed by atoms with Crippen LogP contribution in [0.2, 0.25) is 0 Å². The van der Waals surface area contributed by atoms with Crippen molar-refractivity contribution in [3.63, 3.8) is 0 Å². The van der Waals surface area contributed by atoms with E-state index in [9.17, 15) is 4.79 Å². The maximum Gasteiger partial charge on any atom is 0.310 e. The number of ether oxygens (including phenoxy) is 2. The molecule has 0 aliphatic carbocycles. The maximum absolute atomic E-state index is 11.1. The van der Waals surface area contributed by atoms with Crippen molar-refractivity contribution in [3.05, 3.63) is 24.7 Å². The molecule has 0 rings (SSSR count). The average molecular weight is 395 g/mol. The van der Waals surface area contributed by atoms with Crippen molar-refractivity contribution in [1.82, 2.24) is 0 Å². The molecule has 0 aromatic heterocycles. The van der Waals surface area contributed by atoms with E-state index in [1.54, 1.807) is 13.0 Å². The first-order chi connectivity index (χ1) is 13.7. The molecular formula is C25H46O3. The first-order valence-electron chi connectivity index (χ1n) is 11.9. The molecule has 0 N–H and O–H groups in total. The van der Waals surface area contributed by atoms with E-state index in [2.05, 4.69) is 13.5 Å². The molecule has 0 aromatic rings. The molecule has 0 aromatic carbocycles. The van der Waals surface area contributed by atoms with E-state index in [-0.39, 0.29) is 5.97 Å². The zero-order chi connectivity index (χ0) is 20.7. The second-order valence-electron chi connectivity index (χ2n) is 7.72. The van der Waals surface area contributed by atoms with E-state index in [0.29, 0.717) is 18.8 Å². The summed E-state index contributed by atoms with van der Waals surface area (Å²) in [6, 6.07) is 0. The normalized spacial score (nSPS) is 11.4. The highest BCUT2D eigenvalue weighted by molar-refractivity contribution is 5.69. The van der Waals surface area contributed by atoms with Crippen LogP contribution in [0.3, 0.4) is 0 Å². The first kappa shape index (κ1) is 26.8. The van der Waals surface area contributed by atoms with E-state index in [1.807, 2.05) is 0 Å². The maximum atomic E-state index is 11.1. The fraction of sp³-hybridized carbons (Fsp3) is 0.800. The quantitative estimate of drug-likeness (QED) is 0.0850. The van der Waals surface area contributed by atoms with Crippen LogP contribution in [0.1, 0.15) is 123 Å². The highest BCUT2D eigenvalue weighted by atomic mass is 16.5. The van der Waals surface area contributed by atoms with Gasteiger partial charge in [-0.05, 0) is 12.5 Å². The molecule has 0 saturated carbocycles. The minimum absolute atomic E-state index is 0.259. The number of unbranched alkanes of at least 4 members (excludes halogenated alkanes) is 15. The molecule has 0 aliphatic heterocycles. The number of hydrogen-bond donors (Lipinski definition) is 0. The van der Waals surface area contributed by atoms with Crippen molar-refractivity contribution < 1.29 is 14.3 Å². The van der Waals surface area contributed by atoms with E-state index >= 15 is 0 Å². The van der Waals surface area contributed by atoms with E-state index in [0.717, 1.165) is 6.42 Å². The third-order valence-corrected chi connectivity index (χ3v) is 5.06. The van der Waals surface area contributed by atoms with Gasteiger partial charge in [0.2, 0.25) is 0 Å². The summed E-state index contributed by atoms with van der Waals surface area (Å²) in [5, 5.41) is 0. The summed E-state index contributed by atoms with van der Waals surface area (Å²) in [4.78, 5) is 11.1. The molecule has 0 radical (unpaired) electrons. The second-order valence-corrected chi connectivity index (χ2v) is 7.72. The minimum Gasteiger partial charge on any atom is -0.490 e. The SMILES string of the molecule is C=C/C(=C/OC(=O)CC)OCCCCCCCCCCCCCCCCCC. The molecule has 3 nitrogen and oxygen atoms in total. The topological polar surface area (TPSA) is 35.5 Å². The molecule has 0 aliphatic rings. The van der Waals surface area contributed by atoms with Crippen molar-refractivity contribution in [3.8, 4) is 0 Å². The largest absolute Gasteiger partial charge is 0.490 e. The lowest BCUT2D eigenvalue weighted by atomic mass is 10.0. The molecule has 164 valence electrons. The predicted molar refractivity (Wildman–Crippen MR) is 120 cm³/mol. The molecule has 0 bridgehead atoms. The fourth-order valence-electron chi connectivity index (χ4n) is 3.19. The van der Waals surface area contributed by atoms with Crippen LogP contribution in [0, 0.1) is 0 Å². The highest BCUT2D eigenvalue weighted by Gasteiger charge is 1.99. The predicted octanol–water partition coefficient (Wildman–Crippen LogP) is 8.25. The van der Waals surface area contributed by atoms with Crippen molar-refractivity contribution in [2.24, 2.45) is 0 Å². The van der Waals surface area contributed by atoms with Crippen LogP contribution in [0.15, 0.2) is 24.7 Å². The van der Waals surface area contributed by atoms with Gasteiger partial charge in [0, 0.05) is 6.42 Å². The number of hydrogen-bond acceptors (Lipinski definition) is 3. The summed E-state index contributed by atoms with van der Waals surface area (Å²) in [5.41, 5.74) is 0. The third kappa shape index (κ3) is 19.5. The van der Waals surface area contributed by atoms with Crippen LogP contribution < -0.4 is 0 Å². The van der Waals surface area contributed by atoms with Crippen molar-refractivity contribution in [1.29, 1.82) is 0 Å². The van der Waals surface area contributed by atoms with E-state index in [1.165, 1.54) is 103 Å². The molecular weight excluding hydrogens is 348 g/mol. The summed E-state index contributed by atoms with van der Waals surface area (Å²) in [7, 11) is 0. The zero-order valence-corrected chi connectivity index (χ0v) is 18.8. The van der Waals surface area contributed by atoms with Crippen LogP contribution in [0.25, 0.3) is 0 Å². The van der Waals surface area contributed by atoms with E-state index < -0.39 is 0 Å². The van der Waals surface area contributed by atoms with Gasteiger partial charge in [-0.2, -0.15) is 0 Å². The lowest BCUT2D eigenvalue weighted by Gasteiger charge is -2.07. The van der Waals surface area contributed by atoms with Crippen LogP contribution in [0.5, 0.6) is 0 Å². The van der Waals surface area contributed by atoms with Crippen LogP contribution in [-0.4, -0.2) is 12.6 Å². The molecule has 0 unspecified atom stereocenters. The molecule has 0 saturated heterocycles. The highest BCUT2D eigenvalue weighted by Crippen LogP contribution is 2.14. The lowest BCUT2D eigenvalue weighted by Crippen LogP contribution is -1.99. The smallest absolute Gasteiger partial charge is 0.310 e. The van der Waals surface area contributed by atoms with E-state index in [4.69, 9.17) is 9.47 Å². The minimum atomic E-state index is -0.259. The monoisotopic (exact) mass is 394 g/mol. The number of carbonyl (C=O) groups is 1. The Labute approximate surface area is 175 Å². The Hall–Kier alpha value is -1.25. The zero-order valence-electron chi connectivity index (χ0n) is 18.8. The van der Waals surface area contributed by atoms with Crippen molar-refractivity contribution in [2.75, 3.05) is 6.61 Å². The van der Waals surface area contributed by atoms with Gasteiger partial charge >= 0.3 is 5.97 Å². The van der Waals surface area contributed by atoms with Crippen molar-refractivity contribution in [2.45, 2.75) is 123 Å². The first-order valence-corrected chi connectivity index (χ1v) is 11.9. The van der Waals surface area contributed by atoms with Gasteiger partial charge < -0.3 is 9.47 Å². The van der Waals surface area contributed by atoms with Gasteiger partial charge in [0.05, 0.1) is 6.61 Å². The summed E-state index contributed by atoms with van der Waals surface area (Å²) in [5.74, 6) is 0.271. The summed E-state index contributed by atoms with van der Waals surface area (Å²) in [6.45, 7) is 8.37. The van der Waals surface area contributed by atoms with Gasteiger partial charge in [0.1, 0.15) is 6.26 Å². The third-order valence-electron chi connectivity index (χ3n) is 5.06. The van der Waals surface area contributed by atoms with Crippen LogP contribution in [0.4, 0.5) is 0 Å². The molecule has 28 heavy (non-hydrogen) atoms. The molecule has 0 fully saturated rings. The number of rotatable bonds is 21. The van der Waals surface area contributed by atoms with Gasteiger partial charge in [-0.25, -0.2) is 0 Å². The van der Waals surface area contributed by atoms with Gasteiger partial charge in [-0.1, -0.05) is 117 Å². The Morgan fingerprint density at radius 1 is 0.714 bits per heavy atom. The van der Waals surface area contributed by atoms with Gasteiger partial charge in [-0.15, -0.1) is 0 Å². The summed E-state index contributed by atoms with van der Waals surface area (Å²) in [6.07, 6.45) is 25.1. The Kier molecular flexibility index (Phi) is 21.1. The summed E-state index contributed by atoms with van der Waals surface area (Å²) >= 11 is 0. The number of carbonyl (C=O) groups excluding carboxylic acids is 1. The molecule has 0 atom stereocenters. The molecule has 0 heterocycles. The van der Waals surface area contributed by atoms with Crippen LogP contribution in [-0.2, 0) is 14.3 Å².